The van der Waals surface area contributed by atoms with Crippen LogP contribution in [0.2, 0.25) is 5.02 Å². The van der Waals surface area contributed by atoms with E-state index in [4.69, 9.17) is 25.8 Å². The van der Waals surface area contributed by atoms with Crippen molar-refractivity contribution in [3.8, 4) is 5.75 Å². The van der Waals surface area contributed by atoms with Gasteiger partial charge >= 0.3 is 5.97 Å². The molecular weight excluding hydrogens is 320 g/mol. The van der Waals surface area contributed by atoms with Crippen LogP contribution in [0.3, 0.4) is 0 Å². The van der Waals surface area contributed by atoms with Crippen molar-refractivity contribution >= 4 is 24.0 Å². The molecule has 23 heavy (non-hydrogen) atoms. The monoisotopic (exact) mass is 334 g/mol. The van der Waals surface area contributed by atoms with Crippen LogP contribution in [-0.4, -0.2) is 26.7 Å². The van der Waals surface area contributed by atoms with E-state index in [0.29, 0.717) is 21.9 Å². The zero-order chi connectivity index (χ0) is 16.9. The van der Waals surface area contributed by atoms with Gasteiger partial charge in [0.15, 0.2) is 0 Å². The van der Waals surface area contributed by atoms with Crippen LogP contribution in [0.1, 0.15) is 11.1 Å². The van der Waals surface area contributed by atoms with Gasteiger partial charge < -0.3 is 14.2 Å². The minimum atomic E-state index is -1.71. The highest BCUT2D eigenvalue weighted by molar-refractivity contribution is 6.30. The summed E-state index contributed by atoms with van der Waals surface area (Å²) in [6, 6.07) is 13.0. The maximum Gasteiger partial charge on any atom is 0.359 e. The molecule has 6 heteroatoms. The van der Waals surface area contributed by atoms with Crippen LogP contribution in [0, 0.1) is 0 Å². The predicted molar refractivity (Wildman–Crippen MR) is 84.4 cm³/mol. The molecule has 0 aliphatic rings. The number of hydrogen-bond acceptors (Lipinski definition) is 5. The molecule has 0 saturated heterocycles. The minimum Gasteiger partial charge on any atom is -0.497 e. The van der Waals surface area contributed by atoms with Crippen molar-refractivity contribution in [2.45, 2.75) is 5.60 Å². The Morgan fingerprint density at radius 3 is 1.96 bits per heavy atom. The van der Waals surface area contributed by atoms with Gasteiger partial charge in [-0.3, -0.25) is 4.79 Å². The van der Waals surface area contributed by atoms with Gasteiger partial charge in [0.25, 0.3) is 12.1 Å². The summed E-state index contributed by atoms with van der Waals surface area (Å²) >= 11 is 5.89. The van der Waals surface area contributed by atoms with Crippen molar-refractivity contribution in [3.05, 3.63) is 64.7 Å². The molecule has 0 aliphatic heterocycles. The summed E-state index contributed by atoms with van der Waals surface area (Å²) in [7, 11) is 2.76. The molecule has 0 N–H and O–H groups in total. The summed E-state index contributed by atoms with van der Waals surface area (Å²) in [5, 5.41) is 0.494. The molecule has 2 aromatic carbocycles. The molecule has 2 aromatic rings. The first-order chi connectivity index (χ1) is 11.1. The van der Waals surface area contributed by atoms with Gasteiger partial charge in [-0.1, -0.05) is 35.9 Å². The van der Waals surface area contributed by atoms with Crippen LogP contribution in [0.4, 0.5) is 0 Å². The van der Waals surface area contributed by atoms with E-state index in [9.17, 15) is 9.59 Å². The number of benzene rings is 2. The number of ether oxygens (including phenoxy) is 3. The van der Waals surface area contributed by atoms with E-state index in [1.54, 1.807) is 48.5 Å². The molecule has 0 fully saturated rings. The number of esters is 1. The third-order valence-electron chi connectivity index (χ3n) is 3.45. The van der Waals surface area contributed by atoms with Crippen LogP contribution < -0.4 is 4.74 Å². The molecule has 2 rings (SSSR count). The number of methoxy groups -OCH3 is 2. The van der Waals surface area contributed by atoms with Crippen molar-refractivity contribution in [2.24, 2.45) is 0 Å². The van der Waals surface area contributed by atoms with Gasteiger partial charge in [-0.2, -0.15) is 0 Å². The van der Waals surface area contributed by atoms with E-state index in [-0.39, 0.29) is 6.47 Å². The fraction of sp³-hybridized carbons (Fsp3) is 0.176. The summed E-state index contributed by atoms with van der Waals surface area (Å²) in [4.78, 5) is 23.6. The van der Waals surface area contributed by atoms with E-state index in [1.165, 1.54) is 14.2 Å². The lowest BCUT2D eigenvalue weighted by Crippen LogP contribution is -2.40. The van der Waals surface area contributed by atoms with Gasteiger partial charge in [0.1, 0.15) is 5.75 Å². The molecule has 0 heterocycles. The average molecular weight is 335 g/mol. The second-order valence-electron chi connectivity index (χ2n) is 4.62. The fourth-order valence-electron chi connectivity index (χ4n) is 2.31. The Hall–Kier alpha value is -2.53. The molecule has 5 nitrogen and oxygen atoms in total. The number of halogens is 1. The molecule has 0 radical (unpaired) electrons. The number of carbonyl (C=O) groups is 2. The summed E-state index contributed by atoms with van der Waals surface area (Å²) in [6.45, 7) is 0.218. The lowest BCUT2D eigenvalue weighted by molar-refractivity contribution is -0.169. The third-order valence-corrected chi connectivity index (χ3v) is 3.70. The molecule has 0 amide bonds. The van der Waals surface area contributed by atoms with Crippen molar-refractivity contribution in [1.82, 2.24) is 0 Å². The Labute approximate surface area is 138 Å². The van der Waals surface area contributed by atoms with Gasteiger partial charge in [0, 0.05) is 16.1 Å². The maximum atomic E-state index is 12.5. The molecule has 0 aliphatic carbocycles. The van der Waals surface area contributed by atoms with Gasteiger partial charge in [-0.25, -0.2) is 4.79 Å². The van der Waals surface area contributed by atoms with Gasteiger partial charge in [0.2, 0.25) is 0 Å². The second-order valence-corrected chi connectivity index (χ2v) is 5.06. The Kier molecular flexibility index (Phi) is 5.24. The fourth-order valence-corrected chi connectivity index (χ4v) is 2.44. The van der Waals surface area contributed by atoms with Crippen LogP contribution in [-0.2, 0) is 24.7 Å². The minimum absolute atomic E-state index is 0.218. The van der Waals surface area contributed by atoms with Crippen molar-refractivity contribution in [3.63, 3.8) is 0 Å². The first-order valence-electron chi connectivity index (χ1n) is 6.69. The lowest BCUT2D eigenvalue weighted by atomic mass is 9.86. The second kappa shape index (κ2) is 7.15. The highest BCUT2D eigenvalue weighted by Gasteiger charge is 2.46. The zero-order valence-corrected chi connectivity index (χ0v) is 13.4. The van der Waals surface area contributed by atoms with Crippen molar-refractivity contribution in [1.29, 1.82) is 0 Å². The quantitative estimate of drug-likeness (QED) is 0.600. The molecule has 0 saturated carbocycles. The van der Waals surface area contributed by atoms with Crippen LogP contribution >= 0.6 is 11.6 Å². The normalized spacial score (nSPS) is 12.8. The van der Waals surface area contributed by atoms with Crippen LogP contribution in [0.15, 0.2) is 48.5 Å². The Bertz CT molecular complexity index is 681. The Balaban J connectivity index is 2.67. The average Bonchev–Trinajstić information content (AvgIpc) is 2.60. The summed E-state index contributed by atoms with van der Waals surface area (Å²) < 4.78 is 15.2. The standard InChI is InChI=1S/C17H15ClO5/c1-21-15-9-5-13(6-10-15)17(23-11-19,16(20)22-2)12-3-7-14(18)8-4-12/h3-11H,1-2H3. The first-order valence-corrected chi connectivity index (χ1v) is 7.06. The van der Waals surface area contributed by atoms with E-state index in [2.05, 4.69) is 0 Å². The first kappa shape index (κ1) is 16.8. The summed E-state index contributed by atoms with van der Waals surface area (Å²) in [5.74, 6) is -0.119. The molecule has 120 valence electrons. The number of carbonyl (C=O) groups excluding carboxylic acids is 2. The van der Waals surface area contributed by atoms with Gasteiger partial charge in [0.05, 0.1) is 14.2 Å². The molecular formula is C17H15ClO5. The summed E-state index contributed by atoms with van der Waals surface area (Å²) in [5.41, 5.74) is -0.863. The largest absolute Gasteiger partial charge is 0.497 e. The van der Waals surface area contributed by atoms with E-state index < -0.39 is 11.6 Å². The topological polar surface area (TPSA) is 61.8 Å². The van der Waals surface area contributed by atoms with E-state index >= 15 is 0 Å². The van der Waals surface area contributed by atoms with Crippen molar-refractivity contribution < 1.29 is 23.8 Å². The zero-order valence-electron chi connectivity index (χ0n) is 12.6. The van der Waals surface area contributed by atoms with Crippen LogP contribution in [0.5, 0.6) is 5.75 Å². The Morgan fingerprint density at radius 1 is 1.00 bits per heavy atom. The molecule has 0 aromatic heterocycles. The highest BCUT2D eigenvalue weighted by Crippen LogP contribution is 2.36. The summed E-state index contributed by atoms with van der Waals surface area (Å²) in [6.07, 6.45) is 0. The lowest BCUT2D eigenvalue weighted by Gasteiger charge is -2.30. The number of hydrogen-bond donors (Lipinski definition) is 0. The van der Waals surface area contributed by atoms with Crippen LogP contribution in [0.25, 0.3) is 0 Å². The van der Waals surface area contributed by atoms with Crippen molar-refractivity contribution in [2.75, 3.05) is 14.2 Å². The third kappa shape index (κ3) is 3.14. The molecule has 0 spiro atoms. The predicted octanol–water partition coefficient (Wildman–Crippen LogP) is 2.94. The molecule has 1 unspecified atom stereocenters. The Morgan fingerprint density at radius 2 is 1.52 bits per heavy atom. The van der Waals surface area contributed by atoms with Gasteiger partial charge in [-0.05, 0) is 24.3 Å². The van der Waals surface area contributed by atoms with Gasteiger partial charge in [-0.15, -0.1) is 0 Å². The molecule has 0 bridgehead atoms. The SMILES string of the molecule is COC(=O)C(OC=O)(c1ccc(Cl)cc1)c1ccc(OC)cc1. The van der Waals surface area contributed by atoms with E-state index in [1.807, 2.05) is 0 Å². The highest BCUT2D eigenvalue weighted by atomic mass is 35.5. The number of rotatable bonds is 6. The maximum absolute atomic E-state index is 12.5. The molecule has 1 atom stereocenters. The van der Waals surface area contributed by atoms with E-state index in [0.717, 1.165) is 0 Å². The smallest absolute Gasteiger partial charge is 0.359 e.